The Morgan fingerprint density at radius 1 is 1.36 bits per heavy atom. The Bertz CT molecular complexity index is 716. The van der Waals surface area contributed by atoms with Crippen molar-refractivity contribution in [1.82, 2.24) is 15.2 Å². The number of hydrogen-bond donors (Lipinski definition) is 0. The van der Waals surface area contributed by atoms with E-state index < -0.39 is 6.16 Å². The van der Waals surface area contributed by atoms with E-state index in [4.69, 9.17) is 9.57 Å². The van der Waals surface area contributed by atoms with E-state index in [1.54, 1.807) is 30.0 Å². The first-order chi connectivity index (χ1) is 12.2. The third kappa shape index (κ3) is 7.18. The molecule has 2 aromatic rings. The number of para-hydroxylation sites is 1. The van der Waals surface area contributed by atoms with Gasteiger partial charge in [-0.15, -0.1) is 5.10 Å². The van der Waals surface area contributed by atoms with Gasteiger partial charge >= 0.3 is 6.16 Å². The summed E-state index contributed by atoms with van der Waals surface area (Å²) < 4.78 is 5.00. The van der Waals surface area contributed by atoms with E-state index in [1.165, 1.54) is 10.8 Å². The van der Waals surface area contributed by atoms with Crippen LogP contribution in [0.4, 0.5) is 4.79 Å². The zero-order chi connectivity index (χ0) is 18.5. The van der Waals surface area contributed by atoms with Crippen molar-refractivity contribution < 1.29 is 14.4 Å². The predicted molar refractivity (Wildman–Crippen MR) is 105 cm³/mol. The summed E-state index contributed by atoms with van der Waals surface area (Å²) in [7, 11) is 4.81. The molecule has 0 unspecified atom stereocenters. The normalized spacial score (nSPS) is 11.3. The van der Waals surface area contributed by atoms with E-state index in [-0.39, 0.29) is 6.61 Å². The van der Waals surface area contributed by atoms with Crippen LogP contribution in [0.15, 0.2) is 41.4 Å². The highest BCUT2D eigenvalue weighted by Crippen LogP contribution is 2.23. The fraction of sp³-hybridized carbons (Fsp3) is 0.375. The molecule has 9 heteroatoms. The molecule has 0 N–H and O–H groups in total. The molecule has 0 aliphatic heterocycles. The summed E-state index contributed by atoms with van der Waals surface area (Å²) in [4.78, 5) is 21.8. The first kappa shape index (κ1) is 21.0. The van der Waals surface area contributed by atoms with Crippen LogP contribution >= 0.6 is 21.6 Å². The highest BCUT2D eigenvalue weighted by Gasteiger charge is 2.10. The number of hydrogen-bond acceptors (Lipinski definition) is 8. The van der Waals surface area contributed by atoms with Crippen molar-refractivity contribution in [2.75, 3.05) is 19.4 Å². The lowest BCUT2D eigenvalue weighted by Crippen LogP contribution is -2.22. The van der Waals surface area contributed by atoms with Crippen LogP contribution in [0.1, 0.15) is 20.8 Å². The molecular formula is C16H22N4O3S2. The average molecular weight is 383 g/mol. The standard InChI is InChI=1S/C14H16N4O3S2.C2H6/c1-3-6-13(15-2)23-22-10-9-20-14(19)21-18-12-8-5-4-7-11(12)16-17-18;1-2/h3-8H,9-10H2,1-2H3;1-2H3/b6-3-,15-13?;. The van der Waals surface area contributed by atoms with Crippen LogP contribution in [0.25, 0.3) is 11.0 Å². The summed E-state index contributed by atoms with van der Waals surface area (Å²) in [6.07, 6.45) is 3.03. The smallest absolute Gasteiger partial charge is 0.432 e. The molecule has 25 heavy (non-hydrogen) atoms. The third-order valence-electron chi connectivity index (χ3n) is 2.54. The Morgan fingerprint density at radius 2 is 2.12 bits per heavy atom. The largest absolute Gasteiger partial charge is 0.535 e. The van der Waals surface area contributed by atoms with E-state index in [1.807, 2.05) is 45.1 Å². The van der Waals surface area contributed by atoms with Crippen molar-refractivity contribution in [2.45, 2.75) is 20.8 Å². The first-order valence-corrected chi connectivity index (χ1v) is 10.1. The van der Waals surface area contributed by atoms with Crippen molar-refractivity contribution >= 4 is 43.8 Å². The fourth-order valence-electron chi connectivity index (χ4n) is 1.56. The number of rotatable bonds is 6. The SMILES string of the molecule is C/C=C\C(=NC)SSCCOC(=O)On1nnc2ccccc21.CC. The van der Waals surface area contributed by atoms with E-state index in [9.17, 15) is 4.79 Å². The second kappa shape index (κ2) is 12.4. The molecule has 0 spiro atoms. The number of nitrogens with zero attached hydrogens (tertiary/aromatic N) is 4. The fourth-order valence-corrected chi connectivity index (χ4v) is 3.38. The monoisotopic (exact) mass is 382 g/mol. The Hall–Kier alpha value is -2.00. The molecule has 1 aromatic carbocycles. The molecule has 7 nitrogen and oxygen atoms in total. The minimum absolute atomic E-state index is 0.232. The molecule has 0 aliphatic rings. The van der Waals surface area contributed by atoms with Gasteiger partial charge in [-0.1, -0.05) is 47.7 Å². The van der Waals surface area contributed by atoms with E-state index in [0.29, 0.717) is 16.8 Å². The van der Waals surface area contributed by atoms with Gasteiger partial charge in [0.2, 0.25) is 0 Å². The Kier molecular flexibility index (Phi) is 10.4. The van der Waals surface area contributed by atoms with Crippen molar-refractivity contribution in [3.8, 4) is 0 Å². The lowest BCUT2D eigenvalue weighted by atomic mass is 10.3. The Labute approximate surface area is 155 Å². The minimum Gasteiger partial charge on any atom is -0.432 e. The molecule has 2 rings (SSSR count). The number of fused-ring (bicyclic) bond motifs is 1. The van der Waals surface area contributed by atoms with Crippen LogP contribution in [0.5, 0.6) is 0 Å². The van der Waals surface area contributed by atoms with Gasteiger partial charge < -0.3 is 4.74 Å². The molecule has 1 heterocycles. The number of carbonyl (C=O) groups is 1. The van der Waals surface area contributed by atoms with Gasteiger partial charge in [0.15, 0.2) is 0 Å². The first-order valence-electron chi connectivity index (χ1n) is 7.79. The number of benzene rings is 1. The van der Waals surface area contributed by atoms with Crippen LogP contribution in [0.2, 0.25) is 0 Å². The van der Waals surface area contributed by atoms with Gasteiger partial charge in [-0.2, -0.15) is 0 Å². The summed E-state index contributed by atoms with van der Waals surface area (Å²) in [6, 6.07) is 7.17. The molecular weight excluding hydrogens is 360 g/mol. The molecule has 0 amide bonds. The summed E-state index contributed by atoms with van der Waals surface area (Å²) >= 11 is 0. The zero-order valence-electron chi connectivity index (χ0n) is 14.7. The Morgan fingerprint density at radius 3 is 2.84 bits per heavy atom. The zero-order valence-corrected chi connectivity index (χ0v) is 16.3. The molecule has 136 valence electrons. The second-order valence-corrected chi connectivity index (χ2v) is 6.54. The highest BCUT2D eigenvalue weighted by atomic mass is 33.1. The maximum Gasteiger partial charge on any atom is 0.535 e. The molecule has 0 bridgehead atoms. The van der Waals surface area contributed by atoms with Crippen LogP contribution < -0.4 is 4.84 Å². The highest BCUT2D eigenvalue weighted by molar-refractivity contribution is 8.82. The summed E-state index contributed by atoms with van der Waals surface area (Å²) in [5.41, 5.74) is 1.24. The molecule has 0 saturated carbocycles. The van der Waals surface area contributed by atoms with Gasteiger partial charge in [0, 0.05) is 12.8 Å². The van der Waals surface area contributed by atoms with Crippen molar-refractivity contribution in [3.63, 3.8) is 0 Å². The molecule has 0 fully saturated rings. The van der Waals surface area contributed by atoms with E-state index in [2.05, 4.69) is 15.3 Å². The number of ether oxygens (including phenoxy) is 1. The van der Waals surface area contributed by atoms with Gasteiger partial charge in [0.1, 0.15) is 22.7 Å². The molecule has 0 radical (unpaired) electrons. The predicted octanol–water partition coefficient (Wildman–Crippen LogP) is 4.01. The maximum absolute atomic E-state index is 11.6. The van der Waals surface area contributed by atoms with E-state index >= 15 is 0 Å². The number of carbonyl (C=O) groups excluding carboxylic acids is 1. The summed E-state index contributed by atoms with van der Waals surface area (Å²) in [5, 5.41) is 8.54. The van der Waals surface area contributed by atoms with Crippen LogP contribution in [0.3, 0.4) is 0 Å². The summed E-state index contributed by atoms with van der Waals surface area (Å²) in [5.74, 6) is 0.619. The topological polar surface area (TPSA) is 78.6 Å². The molecule has 1 aromatic heterocycles. The number of aromatic nitrogens is 3. The minimum atomic E-state index is -0.816. The van der Waals surface area contributed by atoms with Crippen molar-refractivity contribution in [1.29, 1.82) is 0 Å². The maximum atomic E-state index is 11.6. The van der Waals surface area contributed by atoms with Gasteiger partial charge in [0.25, 0.3) is 0 Å². The van der Waals surface area contributed by atoms with Crippen LogP contribution in [0, 0.1) is 0 Å². The van der Waals surface area contributed by atoms with Gasteiger partial charge in [0.05, 0.1) is 0 Å². The van der Waals surface area contributed by atoms with Crippen LogP contribution in [-0.4, -0.2) is 45.8 Å². The second-order valence-electron chi connectivity index (χ2n) is 4.11. The summed E-state index contributed by atoms with van der Waals surface area (Å²) in [6.45, 7) is 6.17. The lowest BCUT2D eigenvalue weighted by Gasteiger charge is -2.05. The molecule has 0 saturated heterocycles. The van der Waals surface area contributed by atoms with Gasteiger partial charge in [-0.25, -0.2) is 4.79 Å². The van der Waals surface area contributed by atoms with Gasteiger partial charge in [-0.3, -0.25) is 9.83 Å². The number of aliphatic imine (C=N–C) groups is 1. The molecule has 0 atom stereocenters. The van der Waals surface area contributed by atoms with Crippen LogP contribution in [-0.2, 0) is 4.74 Å². The average Bonchev–Trinajstić information content (AvgIpc) is 3.05. The number of allylic oxidation sites excluding steroid dienone is 1. The van der Waals surface area contributed by atoms with Gasteiger partial charge in [-0.05, 0) is 41.1 Å². The Balaban J connectivity index is 0.00000151. The van der Waals surface area contributed by atoms with Crippen molar-refractivity contribution in [2.24, 2.45) is 4.99 Å². The molecule has 0 aliphatic carbocycles. The lowest BCUT2D eigenvalue weighted by molar-refractivity contribution is 0.0434. The van der Waals surface area contributed by atoms with Crippen molar-refractivity contribution in [3.05, 3.63) is 36.4 Å². The van der Waals surface area contributed by atoms with E-state index in [0.717, 1.165) is 9.89 Å². The quantitative estimate of drug-likeness (QED) is 0.186. The third-order valence-corrected chi connectivity index (χ3v) is 4.85.